The van der Waals surface area contributed by atoms with Gasteiger partial charge in [-0.2, -0.15) is 0 Å². The van der Waals surface area contributed by atoms with E-state index in [1.807, 2.05) is 0 Å². The van der Waals surface area contributed by atoms with E-state index in [1.54, 1.807) is 32.0 Å². The van der Waals surface area contributed by atoms with Gasteiger partial charge in [0, 0.05) is 6.07 Å². The van der Waals surface area contributed by atoms with E-state index in [0.29, 0.717) is 17.2 Å². The van der Waals surface area contributed by atoms with Crippen LogP contribution in [0.25, 0.3) is 0 Å². The van der Waals surface area contributed by atoms with Crippen molar-refractivity contribution in [2.24, 2.45) is 0 Å². The van der Waals surface area contributed by atoms with E-state index in [9.17, 15) is 9.59 Å². The monoisotopic (exact) mass is 296 g/mol. The first-order valence-electron chi connectivity index (χ1n) is 6.29. The van der Waals surface area contributed by atoms with Crippen molar-refractivity contribution in [1.82, 2.24) is 5.32 Å². The van der Waals surface area contributed by atoms with Gasteiger partial charge in [0.2, 0.25) is 0 Å². The SMILES string of the molecule is COc1ccc(NC(=O)C(=O)NC(C)(C)CO)c(OC)c1. The molecule has 0 radical (unpaired) electrons. The number of nitrogens with one attached hydrogen (secondary N) is 2. The molecule has 0 atom stereocenters. The Labute approximate surface area is 123 Å². The molecule has 3 N–H and O–H groups in total. The van der Waals surface area contributed by atoms with Gasteiger partial charge < -0.3 is 25.2 Å². The molecule has 0 spiro atoms. The average molecular weight is 296 g/mol. The van der Waals surface area contributed by atoms with Gasteiger partial charge in [-0.25, -0.2) is 0 Å². The summed E-state index contributed by atoms with van der Waals surface area (Å²) in [5.74, 6) is -0.750. The third kappa shape index (κ3) is 4.64. The molecule has 0 fully saturated rings. The predicted octanol–water partition coefficient (Wildman–Crippen LogP) is 0.529. The van der Waals surface area contributed by atoms with E-state index >= 15 is 0 Å². The summed E-state index contributed by atoms with van der Waals surface area (Å²) in [4.78, 5) is 23.6. The zero-order valence-electron chi connectivity index (χ0n) is 12.5. The summed E-state index contributed by atoms with van der Waals surface area (Å²) < 4.78 is 10.2. The lowest BCUT2D eigenvalue weighted by Gasteiger charge is -2.23. The topological polar surface area (TPSA) is 96.9 Å². The van der Waals surface area contributed by atoms with Crippen molar-refractivity contribution in [2.75, 3.05) is 26.1 Å². The van der Waals surface area contributed by atoms with Gasteiger partial charge in [-0.3, -0.25) is 9.59 Å². The Morgan fingerprint density at radius 2 is 1.86 bits per heavy atom. The minimum atomic E-state index is -0.877. The standard InChI is InChI=1S/C14H20N2O5/c1-14(2,8-17)16-13(19)12(18)15-10-6-5-9(20-3)7-11(10)21-4/h5-7,17H,8H2,1-4H3,(H,15,18)(H,16,19). The minimum Gasteiger partial charge on any atom is -0.497 e. The van der Waals surface area contributed by atoms with Gasteiger partial charge in [0.05, 0.1) is 32.1 Å². The Balaban J connectivity index is 2.81. The van der Waals surface area contributed by atoms with Gasteiger partial charge in [-0.1, -0.05) is 0 Å². The van der Waals surface area contributed by atoms with Crippen LogP contribution in [-0.4, -0.2) is 43.3 Å². The van der Waals surface area contributed by atoms with Crippen LogP contribution in [0, 0.1) is 0 Å². The summed E-state index contributed by atoms with van der Waals surface area (Å²) >= 11 is 0. The molecule has 7 nitrogen and oxygen atoms in total. The van der Waals surface area contributed by atoms with Gasteiger partial charge in [-0.15, -0.1) is 0 Å². The first-order chi connectivity index (χ1) is 9.82. The third-order valence-electron chi connectivity index (χ3n) is 2.71. The van der Waals surface area contributed by atoms with Crippen molar-refractivity contribution in [3.05, 3.63) is 18.2 Å². The number of methoxy groups -OCH3 is 2. The fourth-order valence-electron chi connectivity index (χ4n) is 1.48. The normalized spacial score (nSPS) is 10.7. The molecule has 2 amide bonds. The number of hydrogen-bond acceptors (Lipinski definition) is 5. The number of aliphatic hydroxyl groups excluding tert-OH is 1. The van der Waals surface area contributed by atoms with Gasteiger partial charge >= 0.3 is 11.8 Å². The van der Waals surface area contributed by atoms with Crippen molar-refractivity contribution in [3.63, 3.8) is 0 Å². The van der Waals surface area contributed by atoms with Crippen molar-refractivity contribution in [3.8, 4) is 11.5 Å². The molecule has 0 aromatic heterocycles. The second-order valence-corrected chi connectivity index (χ2v) is 5.02. The van der Waals surface area contributed by atoms with E-state index in [-0.39, 0.29) is 6.61 Å². The summed E-state index contributed by atoms with van der Waals surface area (Å²) in [5, 5.41) is 13.9. The Kier molecular flexibility index (Phi) is 5.54. The Morgan fingerprint density at radius 1 is 1.19 bits per heavy atom. The van der Waals surface area contributed by atoms with Crippen LogP contribution in [0.15, 0.2) is 18.2 Å². The highest BCUT2D eigenvalue weighted by molar-refractivity contribution is 6.40. The molecular formula is C14H20N2O5. The second-order valence-electron chi connectivity index (χ2n) is 5.02. The number of carbonyl (C=O) groups is 2. The van der Waals surface area contributed by atoms with Crippen LogP contribution in [0.3, 0.4) is 0 Å². The fraction of sp³-hybridized carbons (Fsp3) is 0.429. The molecule has 0 aliphatic carbocycles. The van der Waals surface area contributed by atoms with Crippen molar-refractivity contribution < 1.29 is 24.2 Å². The van der Waals surface area contributed by atoms with Crippen molar-refractivity contribution >= 4 is 17.5 Å². The van der Waals surface area contributed by atoms with Crippen LogP contribution < -0.4 is 20.1 Å². The van der Waals surface area contributed by atoms with Crippen molar-refractivity contribution in [1.29, 1.82) is 0 Å². The second kappa shape index (κ2) is 6.94. The maximum atomic E-state index is 11.8. The van der Waals surface area contributed by atoms with Crippen LogP contribution in [0.1, 0.15) is 13.8 Å². The molecule has 1 aromatic rings. The number of hydrogen-bond donors (Lipinski definition) is 3. The van der Waals surface area contributed by atoms with E-state index < -0.39 is 17.4 Å². The minimum absolute atomic E-state index is 0.280. The number of ether oxygens (including phenoxy) is 2. The maximum Gasteiger partial charge on any atom is 0.313 e. The summed E-state index contributed by atoms with van der Waals surface area (Å²) in [7, 11) is 2.96. The van der Waals surface area contributed by atoms with E-state index in [4.69, 9.17) is 14.6 Å². The zero-order chi connectivity index (χ0) is 16.0. The lowest BCUT2D eigenvalue weighted by molar-refractivity contribution is -0.137. The lowest BCUT2D eigenvalue weighted by Crippen LogP contribution is -2.50. The lowest BCUT2D eigenvalue weighted by atomic mass is 10.1. The molecular weight excluding hydrogens is 276 g/mol. The molecule has 116 valence electrons. The number of benzene rings is 1. The number of rotatable bonds is 5. The number of carbonyl (C=O) groups excluding carboxylic acids is 2. The zero-order valence-corrected chi connectivity index (χ0v) is 12.5. The fourth-order valence-corrected chi connectivity index (χ4v) is 1.48. The molecule has 1 rings (SSSR count). The molecule has 0 unspecified atom stereocenters. The Morgan fingerprint density at radius 3 is 2.38 bits per heavy atom. The average Bonchev–Trinajstić information content (AvgIpc) is 2.47. The number of aliphatic hydroxyl groups is 1. The summed E-state index contributed by atoms with van der Waals surface area (Å²) in [5.41, 5.74) is -0.529. The van der Waals surface area contributed by atoms with Crippen LogP contribution in [0.2, 0.25) is 0 Å². The largest absolute Gasteiger partial charge is 0.497 e. The van der Waals surface area contributed by atoms with Crippen LogP contribution >= 0.6 is 0 Å². The highest BCUT2D eigenvalue weighted by atomic mass is 16.5. The molecule has 0 aliphatic rings. The van der Waals surface area contributed by atoms with Gasteiger partial charge in [0.25, 0.3) is 0 Å². The first-order valence-corrected chi connectivity index (χ1v) is 6.29. The summed E-state index contributed by atoms with van der Waals surface area (Å²) in [6.07, 6.45) is 0. The Bertz CT molecular complexity index is 528. The molecule has 0 saturated carbocycles. The molecule has 7 heteroatoms. The number of anilines is 1. The van der Waals surface area contributed by atoms with Gasteiger partial charge in [-0.05, 0) is 26.0 Å². The molecule has 0 aliphatic heterocycles. The maximum absolute atomic E-state index is 11.8. The van der Waals surface area contributed by atoms with Crippen LogP contribution in [0.5, 0.6) is 11.5 Å². The van der Waals surface area contributed by atoms with Gasteiger partial charge in [0.15, 0.2) is 0 Å². The molecule has 21 heavy (non-hydrogen) atoms. The summed E-state index contributed by atoms with van der Waals surface area (Å²) in [6, 6.07) is 4.79. The first kappa shape index (κ1) is 16.8. The molecule has 0 bridgehead atoms. The highest BCUT2D eigenvalue weighted by Crippen LogP contribution is 2.28. The third-order valence-corrected chi connectivity index (χ3v) is 2.71. The summed E-state index contributed by atoms with van der Waals surface area (Å²) in [6.45, 7) is 2.93. The highest BCUT2D eigenvalue weighted by Gasteiger charge is 2.24. The smallest absolute Gasteiger partial charge is 0.313 e. The van der Waals surface area contributed by atoms with Crippen molar-refractivity contribution in [2.45, 2.75) is 19.4 Å². The predicted molar refractivity (Wildman–Crippen MR) is 77.5 cm³/mol. The molecule has 0 heterocycles. The Hall–Kier alpha value is -2.28. The van der Waals surface area contributed by atoms with Crippen LogP contribution in [-0.2, 0) is 9.59 Å². The number of amides is 2. The van der Waals surface area contributed by atoms with E-state index in [2.05, 4.69) is 10.6 Å². The van der Waals surface area contributed by atoms with E-state index in [0.717, 1.165) is 0 Å². The molecule has 0 saturated heterocycles. The van der Waals surface area contributed by atoms with Crippen LogP contribution in [0.4, 0.5) is 5.69 Å². The van der Waals surface area contributed by atoms with E-state index in [1.165, 1.54) is 14.2 Å². The van der Waals surface area contributed by atoms with Gasteiger partial charge in [0.1, 0.15) is 11.5 Å². The quantitative estimate of drug-likeness (QED) is 0.689. The molecule has 1 aromatic carbocycles.